The fourth-order valence-corrected chi connectivity index (χ4v) is 3.50. The summed E-state index contributed by atoms with van der Waals surface area (Å²) in [5.41, 5.74) is 3.94. The molecule has 0 fully saturated rings. The van der Waals surface area contributed by atoms with Gasteiger partial charge < -0.3 is 10.6 Å². The highest BCUT2D eigenvalue weighted by atomic mass is 32.1. The fraction of sp³-hybridized carbons (Fsp3) is 0.227. The van der Waals surface area contributed by atoms with Crippen molar-refractivity contribution < 1.29 is 18.4 Å². The summed E-state index contributed by atoms with van der Waals surface area (Å²) in [5, 5.41) is 7.66. The van der Waals surface area contributed by atoms with Crippen molar-refractivity contribution in [2.45, 2.75) is 26.7 Å². The largest absolute Gasteiger partial charge is 0.352 e. The number of hydrogen-bond acceptors (Lipinski definition) is 4. The topological polar surface area (TPSA) is 71.1 Å². The van der Waals surface area contributed by atoms with E-state index >= 15 is 0 Å². The summed E-state index contributed by atoms with van der Waals surface area (Å²) in [6.07, 6.45) is 0.542. The van der Waals surface area contributed by atoms with Crippen LogP contribution in [-0.4, -0.2) is 23.3 Å². The molecule has 0 bridgehead atoms. The van der Waals surface area contributed by atoms with Crippen LogP contribution in [0.3, 0.4) is 0 Å². The number of carbonyl (C=O) groups excluding carboxylic acids is 2. The number of rotatable bonds is 7. The number of benzene rings is 2. The van der Waals surface area contributed by atoms with E-state index in [2.05, 4.69) is 21.7 Å². The number of anilines is 1. The Hall–Kier alpha value is -3.13. The normalized spacial score (nSPS) is 10.7. The van der Waals surface area contributed by atoms with Crippen LogP contribution in [-0.2, 0) is 4.79 Å². The van der Waals surface area contributed by atoms with Gasteiger partial charge in [0.25, 0.3) is 5.91 Å². The molecule has 0 spiro atoms. The van der Waals surface area contributed by atoms with Gasteiger partial charge in [-0.1, -0.05) is 12.1 Å². The number of nitrogens with one attached hydrogen (secondary N) is 2. The molecule has 0 saturated heterocycles. The third-order valence-electron chi connectivity index (χ3n) is 4.60. The van der Waals surface area contributed by atoms with Crippen molar-refractivity contribution in [3.8, 4) is 11.3 Å². The zero-order valence-electron chi connectivity index (χ0n) is 16.6. The Labute approximate surface area is 177 Å². The van der Waals surface area contributed by atoms with E-state index in [4.69, 9.17) is 0 Å². The van der Waals surface area contributed by atoms with E-state index in [9.17, 15) is 18.4 Å². The van der Waals surface area contributed by atoms with Crippen molar-refractivity contribution >= 4 is 28.3 Å². The van der Waals surface area contributed by atoms with Crippen molar-refractivity contribution in [2.24, 2.45) is 0 Å². The predicted octanol–water partition coefficient (Wildman–Crippen LogP) is 4.85. The Kier molecular flexibility index (Phi) is 6.89. The molecular formula is C22H21F2N3O2S. The summed E-state index contributed by atoms with van der Waals surface area (Å²) in [4.78, 5) is 28.5. The van der Waals surface area contributed by atoms with Crippen molar-refractivity contribution in [3.63, 3.8) is 0 Å². The van der Waals surface area contributed by atoms with Gasteiger partial charge in [-0.3, -0.25) is 9.59 Å². The molecule has 0 aliphatic rings. The summed E-state index contributed by atoms with van der Waals surface area (Å²) in [5.74, 6) is -2.54. The first kappa shape index (κ1) is 21.6. The first-order chi connectivity index (χ1) is 14.3. The summed E-state index contributed by atoms with van der Waals surface area (Å²) >= 11 is 1.34. The van der Waals surface area contributed by atoms with Gasteiger partial charge in [0, 0.05) is 30.0 Å². The van der Waals surface area contributed by atoms with Gasteiger partial charge in [0.2, 0.25) is 5.91 Å². The molecule has 1 heterocycles. The number of aryl methyl sites for hydroxylation is 2. The van der Waals surface area contributed by atoms with Crippen LogP contribution >= 0.6 is 11.3 Å². The highest BCUT2D eigenvalue weighted by molar-refractivity contribution is 7.14. The lowest BCUT2D eigenvalue weighted by atomic mass is 10.1. The van der Waals surface area contributed by atoms with Crippen LogP contribution in [0, 0.1) is 25.5 Å². The van der Waals surface area contributed by atoms with E-state index in [1.165, 1.54) is 22.5 Å². The average molecular weight is 429 g/mol. The molecule has 8 heteroatoms. The van der Waals surface area contributed by atoms with Gasteiger partial charge in [0.15, 0.2) is 5.13 Å². The summed E-state index contributed by atoms with van der Waals surface area (Å²) in [6.45, 7) is 4.27. The van der Waals surface area contributed by atoms with E-state index < -0.39 is 17.5 Å². The molecule has 0 unspecified atom stereocenters. The Morgan fingerprint density at radius 2 is 1.87 bits per heavy atom. The van der Waals surface area contributed by atoms with E-state index in [-0.39, 0.29) is 24.4 Å². The minimum Gasteiger partial charge on any atom is -0.352 e. The van der Waals surface area contributed by atoms with Gasteiger partial charge >= 0.3 is 0 Å². The van der Waals surface area contributed by atoms with Gasteiger partial charge in [-0.2, -0.15) is 0 Å². The smallest absolute Gasteiger partial charge is 0.254 e. The number of thiazole rings is 1. The summed E-state index contributed by atoms with van der Waals surface area (Å²) in [6, 6.07) is 8.85. The summed E-state index contributed by atoms with van der Waals surface area (Å²) in [7, 11) is 0. The number of hydrogen-bond donors (Lipinski definition) is 2. The Morgan fingerprint density at radius 1 is 1.07 bits per heavy atom. The molecule has 2 N–H and O–H groups in total. The number of nitrogens with zero attached hydrogens (tertiary/aromatic N) is 1. The molecule has 0 saturated carbocycles. The Morgan fingerprint density at radius 3 is 2.60 bits per heavy atom. The van der Waals surface area contributed by atoms with Crippen molar-refractivity contribution in [2.75, 3.05) is 11.9 Å². The quantitative estimate of drug-likeness (QED) is 0.527. The number of halogens is 2. The van der Waals surface area contributed by atoms with Gasteiger partial charge in [-0.05, 0) is 49.6 Å². The van der Waals surface area contributed by atoms with Gasteiger partial charge in [-0.15, -0.1) is 11.3 Å². The molecule has 2 amide bonds. The maximum Gasteiger partial charge on any atom is 0.254 e. The second kappa shape index (κ2) is 9.58. The number of amides is 2. The molecule has 3 rings (SSSR count). The first-order valence-corrected chi connectivity index (χ1v) is 10.3. The highest BCUT2D eigenvalue weighted by Crippen LogP contribution is 2.26. The lowest BCUT2D eigenvalue weighted by Crippen LogP contribution is -2.26. The SMILES string of the molecule is Cc1ccc(-c2csc(NC(=O)CCCNC(=O)c3ccc(F)cc3F)n2)cc1C. The monoisotopic (exact) mass is 429 g/mol. The lowest BCUT2D eigenvalue weighted by Gasteiger charge is -2.06. The van der Waals surface area contributed by atoms with Crippen molar-refractivity contribution in [1.29, 1.82) is 0 Å². The molecule has 30 heavy (non-hydrogen) atoms. The van der Waals surface area contributed by atoms with Crippen LogP contribution in [0.5, 0.6) is 0 Å². The molecule has 1 aromatic heterocycles. The number of carbonyl (C=O) groups is 2. The fourth-order valence-electron chi connectivity index (χ4n) is 2.77. The third kappa shape index (κ3) is 5.48. The zero-order valence-corrected chi connectivity index (χ0v) is 17.4. The van der Waals surface area contributed by atoms with E-state index in [1.807, 2.05) is 31.4 Å². The standard InChI is InChI=1S/C22H21F2N3O2S/c1-13-5-6-15(10-14(13)2)19-12-30-22(26-19)27-20(28)4-3-9-25-21(29)17-8-7-16(23)11-18(17)24/h5-8,10-12H,3-4,9H2,1-2H3,(H,25,29)(H,26,27,28). The zero-order chi connectivity index (χ0) is 21.7. The minimum absolute atomic E-state index is 0.171. The van der Waals surface area contributed by atoms with Crippen LogP contribution in [0.1, 0.15) is 34.3 Å². The molecular weight excluding hydrogens is 408 g/mol. The van der Waals surface area contributed by atoms with E-state index in [0.717, 1.165) is 23.4 Å². The maximum atomic E-state index is 13.6. The van der Waals surface area contributed by atoms with Crippen LogP contribution < -0.4 is 10.6 Å². The maximum absolute atomic E-state index is 13.6. The van der Waals surface area contributed by atoms with E-state index in [1.54, 1.807) is 0 Å². The van der Waals surface area contributed by atoms with Crippen LogP contribution in [0.15, 0.2) is 41.8 Å². The van der Waals surface area contributed by atoms with Gasteiger partial charge in [-0.25, -0.2) is 13.8 Å². The Balaban J connectivity index is 1.45. The second-order valence-electron chi connectivity index (χ2n) is 6.87. The number of aromatic nitrogens is 1. The van der Waals surface area contributed by atoms with Gasteiger partial charge in [0.1, 0.15) is 11.6 Å². The molecule has 5 nitrogen and oxygen atoms in total. The molecule has 156 valence electrons. The first-order valence-electron chi connectivity index (χ1n) is 9.40. The van der Waals surface area contributed by atoms with Crippen LogP contribution in [0.25, 0.3) is 11.3 Å². The Bertz CT molecular complexity index is 1080. The van der Waals surface area contributed by atoms with E-state index in [0.29, 0.717) is 17.6 Å². The van der Waals surface area contributed by atoms with Gasteiger partial charge in [0.05, 0.1) is 11.3 Å². The third-order valence-corrected chi connectivity index (χ3v) is 5.35. The highest BCUT2D eigenvalue weighted by Gasteiger charge is 2.13. The lowest BCUT2D eigenvalue weighted by molar-refractivity contribution is -0.116. The second-order valence-corrected chi connectivity index (χ2v) is 7.73. The average Bonchev–Trinajstić information content (AvgIpc) is 3.15. The van der Waals surface area contributed by atoms with Crippen molar-refractivity contribution in [3.05, 3.63) is 70.1 Å². The predicted molar refractivity (Wildman–Crippen MR) is 114 cm³/mol. The molecule has 0 radical (unpaired) electrons. The molecule has 0 atom stereocenters. The van der Waals surface area contributed by atoms with Crippen molar-refractivity contribution in [1.82, 2.24) is 10.3 Å². The van der Waals surface area contributed by atoms with Crippen LogP contribution in [0.2, 0.25) is 0 Å². The molecule has 0 aliphatic heterocycles. The molecule has 0 aliphatic carbocycles. The molecule has 3 aromatic rings. The summed E-state index contributed by atoms with van der Waals surface area (Å²) < 4.78 is 26.5. The van der Waals surface area contributed by atoms with Crippen LogP contribution in [0.4, 0.5) is 13.9 Å². The minimum atomic E-state index is -0.923. The molecule has 2 aromatic carbocycles.